The predicted molar refractivity (Wildman–Crippen MR) is 52.0 cm³/mol. The quantitative estimate of drug-likeness (QED) is 0.479. The van der Waals surface area contributed by atoms with E-state index in [0.29, 0.717) is 6.04 Å². The van der Waals surface area contributed by atoms with Gasteiger partial charge in [-0.1, -0.05) is 0 Å². The van der Waals surface area contributed by atoms with E-state index in [0.717, 1.165) is 19.3 Å². The van der Waals surface area contributed by atoms with Gasteiger partial charge in [0, 0.05) is 19.6 Å². The molecule has 0 rings (SSSR count). The van der Waals surface area contributed by atoms with Gasteiger partial charge in [0.1, 0.15) is 0 Å². The first kappa shape index (κ1) is 11.5. The third kappa shape index (κ3) is 4.38. The van der Waals surface area contributed by atoms with Crippen molar-refractivity contribution in [2.75, 3.05) is 14.2 Å². The fourth-order valence-electron chi connectivity index (χ4n) is 1.20. The molecule has 0 aliphatic rings. The second-order valence-corrected chi connectivity index (χ2v) is 2.93. The number of terminal acetylenes is 1. The van der Waals surface area contributed by atoms with Gasteiger partial charge in [-0.25, -0.2) is 0 Å². The zero-order valence-corrected chi connectivity index (χ0v) is 8.26. The molecule has 0 heterocycles. The van der Waals surface area contributed by atoms with Crippen LogP contribution in [0.5, 0.6) is 0 Å². The molecule has 2 heteroatoms. The van der Waals surface area contributed by atoms with Crippen LogP contribution >= 0.6 is 0 Å². The summed E-state index contributed by atoms with van der Waals surface area (Å²) < 4.78 is 5.22. The standard InChI is InChI=1S/C10H19NO/c1-5-6-7-8-10(11-3)9(2)12-4/h1,9-11H,6-8H2,2-4H3. The summed E-state index contributed by atoms with van der Waals surface area (Å²) in [6, 6.07) is 0.420. The molecule has 0 fully saturated rings. The van der Waals surface area contributed by atoms with E-state index in [2.05, 4.69) is 18.2 Å². The molecule has 0 aromatic carbocycles. The second kappa shape index (κ2) is 7.15. The van der Waals surface area contributed by atoms with Crippen molar-refractivity contribution in [3.63, 3.8) is 0 Å². The Bertz CT molecular complexity index is 139. The number of hydrogen-bond acceptors (Lipinski definition) is 2. The molecule has 1 N–H and O–H groups in total. The Hall–Kier alpha value is -0.520. The number of methoxy groups -OCH3 is 1. The first-order valence-electron chi connectivity index (χ1n) is 4.39. The number of likely N-dealkylation sites (N-methyl/N-ethyl adjacent to an activating group) is 1. The SMILES string of the molecule is C#CCCCC(NC)C(C)OC. The molecule has 0 bridgehead atoms. The molecule has 0 aliphatic heterocycles. The summed E-state index contributed by atoms with van der Waals surface area (Å²) in [7, 11) is 3.69. The summed E-state index contributed by atoms with van der Waals surface area (Å²) >= 11 is 0. The zero-order valence-electron chi connectivity index (χ0n) is 8.26. The van der Waals surface area contributed by atoms with Crippen LogP contribution in [0.15, 0.2) is 0 Å². The summed E-state index contributed by atoms with van der Waals surface area (Å²) in [5.74, 6) is 2.64. The summed E-state index contributed by atoms with van der Waals surface area (Å²) in [4.78, 5) is 0. The third-order valence-corrected chi connectivity index (χ3v) is 2.15. The van der Waals surface area contributed by atoms with E-state index in [1.54, 1.807) is 7.11 Å². The van der Waals surface area contributed by atoms with Crippen molar-refractivity contribution in [3.05, 3.63) is 0 Å². The molecular weight excluding hydrogens is 150 g/mol. The highest BCUT2D eigenvalue weighted by atomic mass is 16.5. The topological polar surface area (TPSA) is 21.3 Å². The van der Waals surface area contributed by atoms with Crippen LogP contribution in [-0.2, 0) is 4.74 Å². The molecule has 0 saturated heterocycles. The smallest absolute Gasteiger partial charge is 0.0696 e. The fourth-order valence-corrected chi connectivity index (χ4v) is 1.20. The minimum atomic E-state index is 0.257. The van der Waals surface area contributed by atoms with Crippen molar-refractivity contribution in [3.8, 4) is 12.3 Å². The maximum Gasteiger partial charge on any atom is 0.0696 e. The molecule has 2 unspecified atom stereocenters. The van der Waals surface area contributed by atoms with E-state index in [-0.39, 0.29) is 6.10 Å². The lowest BCUT2D eigenvalue weighted by Gasteiger charge is -2.21. The normalized spacial score (nSPS) is 15.2. The molecule has 0 aromatic rings. The van der Waals surface area contributed by atoms with Gasteiger partial charge in [-0.3, -0.25) is 0 Å². The summed E-state index contributed by atoms with van der Waals surface area (Å²) in [5, 5.41) is 3.22. The van der Waals surface area contributed by atoms with E-state index in [1.807, 2.05) is 7.05 Å². The molecule has 0 radical (unpaired) electrons. The van der Waals surface area contributed by atoms with E-state index in [9.17, 15) is 0 Å². The summed E-state index contributed by atoms with van der Waals surface area (Å²) in [5.41, 5.74) is 0. The average Bonchev–Trinajstić information content (AvgIpc) is 2.11. The van der Waals surface area contributed by atoms with Gasteiger partial charge in [-0.05, 0) is 26.8 Å². The monoisotopic (exact) mass is 169 g/mol. The molecule has 70 valence electrons. The molecule has 2 atom stereocenters. The number of unbranched alkanes of at least 4 members (excludes halogenated alkanes) is 1. The Kier molecular flexibility index (Phi) is 6.84. The van der Waals surface area contributed by atoms with Crippen LogP contribution in [0, 0.1) is 12.3 Å². The van der Waals surface area contributed by atoms with Gasteiger partial charge in [0.2, 0.25) is 0 Å². The lowest BCUT2D eigenvalue weighted by molar-refractivity contribution is 0.0822. The van der Waals surface area contributed by atoms with Gasteiger partial charge in [0.25, 0.3) is 0 Å². The van der Waals surface area contributed by atoms with Crippen LogP contribution in [0.1, 0.15) is 26.2 Å². The molecule has 0 spiro atoms. The summed E-state index contributed by atoms with van der Waals surface area (Å²) in [6.07, 6.45) is 8.42. The Morgan fingerprint density at radius 1 is 1.58 bits per heavy atom. The number of nitrogens with one attached hydrogen (secondary N) is 1. The molecule has 0 aliphatic carbocycles. The van der Waals surface area contributed by atoms with Crippen LogP contribution in [0.2, 0.25) is 0 Å². The molecule has 2 nitrogen and oxygen atoms in total. The molecule has 0 aromatic heterocycles. The highest BCUT2D eigenvalue weighted by Gasteiger charge is 2.13. The predicted octanol–water partition coefficient (Wildman–Crippen LogP) is 1.41. The van der Waals surface area contributed by atoms with E-state index < -0.39 is 0 Å². The van der Waals surface area contributed by atoms with Crippen molar-refractivity contribution in [2.45, 2.75) is 38.3 Å². The van der Waals surface area contributed by atoms with Gasteiger partial charge in [-0.2, -0.15) is 0 Å². The molecule has 12 heavy (non-hydrogen) atoms. The van der Waals surface area contributed by atoms with Crippen molar-refractivity contribution in [1.29, 1.82) is 0 Å². The average molecular weight is 169 g/mol. The number of hydrogen-bond donors (Lipinski definition) is 1. The van der Waals surface area contributed by atoms with Gasteiger partial charge < -0.3 is 10.1 Å². The maximum absolute atomic E-state index is 5.22. The minimum absolute atomic E-state index is 0.257. The Morgan fingerprint density at radius 3 is 2.67 bits per heavy atom. The fraction of sp³-hybridized carbons (Fsp3) is 0.800. The Balaban J connectivity index is 3.61. The lowest BCUT2D eigenvalue weighted by Crippen LogP contribution is -2.36. The number of rotatable bonds is 6. The van der Waals surface area contributed by atoms with Crippen LogP contribution in [0.25, 0.3) is 0 Å². The minimum Gasteiger partial charge on any atom is -0.380 e. The first-order valence-corrected chi connectivity index (χ1v) is 4.39. The van der Waals surface area contributed by atoms with Gasteiger partial charge in [-0.15, -0.1) is 12.3 Å². The highest BCUT2D eigenvalue weighted by Crippen LogP contribution is 2.06. The largest absolute Gasteiger partial charge is 0.380 e. The van der Waals surface area contributed by atoms with Gasteiger partial charge in [0.15, 0.2) is 0 Å². The third-order valence-electron chi connectivity index (χ3n) is 2.15. The molecular formula is C10H19NO. The van der Waals surface area contributed by atoms with E-state index >= 15 is 0 Å². The Morgan fingerprint density at radius 2 is 2.25 bits per heavy atom. The Labute approximate surface area is 75.7 Å². The van der Waals surface area contributed by atoms with Crippen LogP contribution in [0.4, 0.5) is 0 Å². The molecule has 0 amide bonds. The van der Waals surface area contributed by atoms with Gasteiger partial charge in [0.05, 0.1) is 6.10 Å². The molecule has 0 saturated carbocycles. The van der Waals surface area contributed by atoms with Crippen molar-refractivity contribution in [2.24, 2.45) is 0 Å². The highest BCUT2D eigenvalue weighted by molar-refractivity contribution is 4.84. The van der Waals surface area contributed by atoms with Crippen LogP contribution < -0.4 is 5.32 Å². The first-order chi connectivity index (χ1) is 5.76. The van der Waals surface area contributed by atoms with Crippen LogP contribution in [-0.4, -0.2) is 26.3 Å². The van der Waals surface area contributed by atoms with Gasteiger partial charge >= 0.3 is 0 Å². The van der Waals surface area contributed by atoms with Crippen molar-refractivity contribution >= 4 is 0 Å². The second-order valence-electron chi connectivity index (χ2n) is 2.93. The van der Waals surface area contributed by atoms with Crippen LogP contribution in [0.3, 0.4) is 0 Å². The summed E-state index contributed by atoms with van der Waals surface area (Å²) in [6.45, 7) is 2.07. The lowest BCUT2D eigenvalue weighted by atomic mass is 10.1. The maximum atomic E-state index is 5.22. The van der Waals surface area contributed by atoms with E-state index in [4.69, 9.17) is 11.2 Å². The van der Waals surface area contributed by atoms with Crippen molar-refractivity contribution in [1.82, 2.24) is 5.32 Å². The number of ether oxygens (including phenoxy) is 1. The zero-order chi connectivity index (χ0) is 9.40. The van der Waals surface area contributed by atoms with E-state index in [1.165, 1.54) is 0 Å². The van der Waals surface area contributed by atoms with Crippen molar-refractivity contribution < 1.29 is 4.74 Å².